The maximum atomic E-state index is 5.57. The van der Waals surface area contributed by atoms with Crippen LogP contribution in [0.5, 0.6) is 0 Å². The molecule has 0 amide bonds. The highest BCUT2D eigenvalue weighted by Gasteiger charge is 2.58. The molecule has 2 rings (SSSR count). The molecule has 0 spiro atoms. The van der Waals surface area contributed by atoms with E-state index in [1.54, 1.807) is 0 Å². The van der Waals surface area contributed by atoms with E-state index in [-0.39, 0.29) is 0 Å². The second kappa shape index (κ2) is 4.97. The van der Waals surface area contributed by atoms with E-state index in [1.807, 2.05) is 6.92 Å². The Morgan fingerprint density at radius 3 is 2.67 bits per heavy atom. The Bertz CT molecular complexity index is 318. The predicted octanol–water partition coefficient (Wildman–Crippen LogP) is 3.38. The van der Waals surface area contributed by atoms with Crippen LogP contribution in [0.15, 0.2) is 12.2 Å². The number of hydrogen-bond donors (Lipinski definition) is 1. The smallest absolute Gasteiger partial charge is 0.0672 e. The molecule has 1 unspecified atom stereocenters. The van der Waals surface area contributed by atoms with E-state index >= 15 is 0 Å². The summed E-state index contributed by atoms with van der Waals surface area (Å²) in [4.78, 5) is 0. The van der Waals surface area contributed by atoms with Gasteiger partial charge in [-0.25, -0.2) is 0 Å². The van der Waals surface area contributed by atoms with E-state index in [1.165, 1.54) is 19.3 Å². The van der Waals surface area contributed by atoms with Gasteiger partial charge in [-0.2, -0.15) is 0 Å². The summed E-state index contributed by atoms with van der Waals surface area (Å²) in [5.74, 6) is 0.913. The summed E-state index contributed by atoms with van der Waals surface area (Å²) < 4.78 is 5.57. The second-order valence-electron chi connectivity index (χ2n) is 7.31. The van der Waals surface area contributed by atoms with Crippen LogP contribution in [0.2, 0.25) is 0 Å². The number of fused-ring (bicyclic) bond motifs is 2. The van der Waals surface area contributed by atoms with Crippen molar-refractivity contribution < 1.29 is 4.74 Å². The molecule has 0 saturated heterocycles. The predicted molar refractivity (Wildman–Crippen MR) is 76.7 cm³/mol. The summed E-state index contributed by atoms with van der Waals surface area (Å²) in [6.45, 7) is 15.6. The van der Waals surface area contributed by atoms with Gasteiger partial charge in [0.15, 0.2) is 0 Å². The average molecular weight is 251 g/mol. The molecule has 3 atom stereocenters. The van der Waals surface area contributed by atoms with Gasteiger partial charge in [0.2, 0.25) is 0 Å². The lowest BCUT2D eigenvalue weighted by atomic mass is 9.68. The monoisotopic (exact) mass is 251 g/mol. The van der Waals surface area contributed by atoms with Gasteiger partial charge in [-0.15, -0.1) is 0 Å². The van der Waals surface area contributed by atoms with Crippen molar-refractivity contribution in [3.8, 4) is 0 Å². The highest BCUT2D eigenvalue weighted by molar-refractivity contribution is 5.11. The van der Waals surface area contributed by atoms with Gasteiger partial charge in [0, 0.05) is 12.6 Å². The van der Waals surface area contributed by atoms with Gasteiger partial charge in [-0.1, -0.05) is 32.9 Å². The molecule has 0 aliphatic heterocycles. The molecule has 2 aliphatic rings. The van der Waals surface area contributed by atoms with E-state index < -0.39 is 0 Å². The standard InChI is InChI=1S/C16H29NO/c1-12(2)11-18-9-8-17-14-15(3,4)13-6-7-16(14,5)10-13/h13-14,17H,1,6-11H2,2-5H3/t13-,14?,16+/m0/s1. The van der Waals surface area contributed by atoms with Crippen LogP contribution in [-0.2, 0) is 4.74 Å². The van der Waals surface area contributed by atoms with Crippen LogP contribution < -0.4 is 5.32 Å². The molecule has 2 nitrogen and oxygen atoms in total. The Balaban J connectivity index is 1.80. The summed E-state index contributed by atoms with van der Waals surface area (Å²) in [6, 6.07) is 0.650. The van der Waals surface area contributed by atoms with Gasteiger partial charge in [-0.3, -0.25) is 0 Å². The van der Waals surface area contributed by atoms with Crippen LogP contribution in [-0.4, -0.2) is 25.8 Å². The van der Waals surface area contributed by atoms with Gasteiger partial charge in [-0.05, 0) is 42.9 Å². The van der Waals surface area contributed by atoms with E-state index in [0.717, 1.165) is 24.6 Å². The fourth-order valence-corrected chi connectivity index (χ4v) is 4.33. The van der Waals surface area contributed by atoms with E-state index in [4.69, 9.17) is 4.74 Å². The van der Waals surface area contributed by atoms with Crippen LogP contribution in [0, 0.1) is 16.7 Å². The lowest BCUT2D eigenvalue weighted by Crippen LogP contribution is -2.51. The zero-order valence-corrected chi connectivity index (χ0v) is 12.5. The lowest BCUT2D eigenvalue weighted by Gasteiger charge is -2.43. The molecular weight excluding hydrogens is 222 g/mol. The first-order chi connectivity index (χ1) is 8.36. The number of hydrogen-bond acceptors (Lipinski definition) is 2. The van der Waals surface area contributed by atoms with Crippen molar-refractivity contribution in [2.24, 2.45) is 16.7 Å². The first-order valence-corrected chi connectivity index (χ1v) is 7.32. The van der Waals surface area contributed by atoms with Crippen molar-refractivity contribution in [1.29, 1.82) is 0 Å². The summed E-state index contributed by atoms with van der Waals surface area (Å²) in [5, 5.41) is 3.76. The molecule has 2 heteroatoms. The van der Waals surface area contributed by atoms with E-state index in [2.05, 4.69) is 32.7 Å². The summed E-state index contributed by atoms with van der Waals surface area (Å²) in [5.41, 5.74) is 2.06. The number of rotatable bonds is 6. The quantitative estimate of drug-likeness (QED) is 0.577. The molecule has 0 heterocycles. The normalized spacial score (nSPS) is 37.1. The molecule has 0 aromatic heterocycles. The van der Waals surface area contributed by atoms with Crippen molar-refractivity contribution >= 4 is 0 Å². The maximum absolute atomic E-state index is 5.57. The Morgan fingerprint density at radius 2 is 2.11 bits per heavy atom. The molecule has 2 fully saturated rings. The zero-order valence-electron chi connectivity index (χ0n) is 12.5. The molecular formula is C16H29NO. The van der Waals surface area contributed by atoms with Crippen LogP contribution in [0.25, 0.3) is 0 Å². The maximum Gasteiger partial charge on any atom is 0.0672 e. The van der Waals surface area contributed by atoms with Gasteiger partial charge in [0.05, 0.1) is 13.2 Å². The minimum absolute atomic E-state index is 0.446. The minimum Gasteiger partial charge on any atom is -0.376 e. The highest BCUT2D eigenvalue weighted by Crippen LogP contribution is 2.62. The number of nitrogens with one attached hydrogen (secondary N) is 1. The van der Waals surface area contributed by atoms with Gasteiger partial charge in [0.25, 0.3) is 0 Å². The van der Waals surface area contributed by atoms with Crippen molar-refractivity contribution in [3.05, 3.63) is 12.2 Å². The molecule has 2 saturated carbocycles. The van der Waals surface area contributed by atoms with Crippen LogP contribution in [0.4, 0.5) is 0 Å². The Morgan fingerprint density at radius 1 is 1.39 bits per heavy atom. The molecule has 0 aromatic rings. The SMILES string of the molecule is C=C(C)COCCNC1C(C)(C)[C@H]2CC[C@]1(C)C2. The van der Waals surface area contributed by atoms with Crippen molar-refractivity contribution in [3.63, 3.8) is 0 Å². The summed E-state index contributed by atoms with van der Waals surface area (Å²) in [7, 11) is 0. The average Bonchev–Trinajstić information content (AvgIpc) is 2.72. The first-order valence-electron chi connectivity index (χ1n) is 7.32. The number of ether oxygens (including phenoxy) is 1. The Labute approximate surface area is 112 Å². The molecule has 0 aromatic carbocycles. The van der Waals surface area contributed by atoms with Gasteiger partial charge < -0.3 is 10.1 Å². The third kappa shape index (κ3) is 2.50. The van der Waals surface area contributed by atoms with Crippen LogP contribution in [0.1, 0.15) is 47.0 Å². The summed E-state index contributed by atoms with van der Waals surface area (Å²) >= 11 is 0. The van der Waals surface area contributed by atoms with E-state index in [0.29, 0.717) is 23.5 Å². The van der Waals surface area contributed by atoms with Crippen LogP contribution >= 0.6 is 0 Å². The second-order valence-corrected chi connectivity index (χ2v) is 7.31. The van der Waals surface area contributed by atoms with Gasteiger partial charge >= 0.3 is 0 Å². The zero-order chi connectivity index (χ0) is 13.4. The topological polar surface area (TPSA) is 21.3 Å². The largest absolute Gasteiger partial charge is 0.376 e. The molecule has 104 valence electrons. The third-order valence-electron chi connectivity index (χ3n) is 5.21. The van der Waals surface area contributed by atoms with E-state index in [9.17, 15) is 0 Å². The molecule has 18 heavy (non-hydrogen) atoms. The van der Waals surface area contributed by atoms with Crippen molar-refractivity contribution in [1.82, 2.24) is 5.32 Å². The first kappa shape index (κ1) is 14.1. The lowest BCUT2D eigenvalue weighted by molar-refractivity contribution is 0.0927. The Hall–Kier alpha value is -0.340. The third-order valence-corrected chi connectivity index (χ3v) is 5.21. The fourth-order valence-electron chi connectivity index (χ4n) is 4.33. The molecule has 1 N–H and O–H groups in total. The van der Waals surface area contributed by atoms with Crippen molar-refractivity contribution in [2.45, 2.75) is 53.0 Å². The minimum atomic E-state index is 0.446. The van der Waals surface area contributed by atoms with Crippen molar-refractivity contribution in [2.75, 3.05) is 19.8 Å². The van der Waals surface area contributed by atoms with Crippen LogP contribution in [0.3, 0.4) is 0 Å². The molecule has 2 bridgehead atoms. The highest BCUT2D eigenvalue weighted by atomic mass is 16.5. The molecule has 2 aliphatic carbocycles. The summed E-state index contributed by atoms with van der Waals surface area (Å²) in [6.07, 6.45) is 4.23. The Kier molecular flexibility index (Phi) is 3.89. The molecule has 0 radical (unpaired) electrons. The van der Waals surface area contributed by atoms with Gasteiger partial charge in [0.1, 0.15) is 0 Å². The fraction of sp³-hybridized carbons (Fsp3) is 0.875.